The number of methoxy groups -OCH3 is 1. The Balaban J connectivity index is 2.40. The minimum Gasteiger partial charge on any atom is -0.495 e. The molecule has 0 unspecified atom stereocenters. The van der Waals surface area contributed by atoms with Crippen LogP contribution in [-0.4, -0.2) is 27.7 Å². The second kappa shape index (κ2) is 5.05. The minimum absolute atomic E-state index is 0.00764. The summed E-state index contributed by atoms with van der Waals surface area (Å²) in [6.45, 7) is -0.129. The zero-order valence-corrected chi connectivity index (χ0v) is 9.93. The molecule has 0 aliphatic heterocycles. The van der Waals surface area contributed by atoms with E-state index in [1.165, 1.54) is 30.0 Å². The van der Waals surface area contributed by atoms with Gasteiger partial charge in [0.1, 0.15) is 11.4 Å². The monoisotopic (exact) mass is 268 g/mol. The summed E-state index contributed by atoms with van der Waals surface area (Å²) in [5.41, 5.74) is -0.0678. The van der Waals surface area contributed by atoms with Crippen molar-refractivity contribution in [3.8, 4) is 5.75 Å². The lowest BCUT2D eigenvalue weighted by Gasteiger charge is -2.07. The predicted octanol–water partition coefficient (Wildman–Crippen LogP) is 1.92. The fraction of sp³-hybridized carbons (Fsp3) is 0.167. The highest BCUT2D eigenvalue weighted by atomic mass is 19.2. The highest BCUT2D eigenvalue weighted by Gasteiger charge is 2.16. The molecule has 0 radical (unpaired) electrons. The number of carboxylic acids is 1. The van der Waals surface area contributed by atoms with E-state index in [1.807, 2.05) is 0 Å². The molecule has 2 rings (SSSR count). The summed E-state index contributed by atoms with van der Waals surface area (Å²) in [7, 11) is 1.39. The Morgan fingerprint density at radius 2 is 2.26 bits per heavy atom. The van der Waals surface area contributed by atoms with Crippen molar-refractivity contribution in [1.29, 1.82) is 0 Å². The number of rotatable bonds is 4. The maximum Gasteiger partial charge on any atom is 0.352 e. The smallest absolute Gasteiger partial charge is 0.352 e. The summed E-state index contributed by atoms with van der Waals surface area (Å²) < 4.78 is 32.6. The third-order valence-corrected chi connectivity index (χ3v) is 2.59. The summed E-state index contributed by atoms with van der Waals surface area (Å²) in [6, 6.07) is 2.59. The van der Waals surface area contributed by atoms with Gasteiger partial charge in [-0.05, 0) is 6.07 Å². The number of hydrogen-bond acceptors (Lipinski definition) is 3. The molecule has 2 heterocycles. The number of aromatic carboxylic acids is 1. The SMILES string of the molecule is COc1cc(C(=O)O)n(Cc2ccnc(F)c2F)c1. The molecule has 1 N–H and O–H groups in total. The van der Waals surface area contributed by atoms with E-state index in [1.54, 1.807) is 0 Å². The van der Waals surface area contributed by atoms with E-state index in [2.05, 4.69) is 4.98 Å². The Morgan fingerprint density at radius 3 is 2.89 bits per heavy atom. The first-order valence-corrected chi connectivity index (χ1v) is 5.29. The number of halogens is 2. The molecule has 0 saturated carbocycles. The van der Waals surface area contributed by atoms with Gasteiger partial charge in [0.15, 0.2) is 5.82 Å². The number of ether oxygens (including phenoxy) is 1. The van der Waals surface area contributed by atoms with Gasteiger partial charge in [-0.3, -0.25) is 0 Å². The van der Waals surface area contributed by atoms with Gasteiger partial charge in [0.05, 0.1) is 13.7 Å². The molecule has 7 heteroatoms. The third-order valence-electron chi connectivity index (χ3n) is 2.59. The molecule has 0 aliphatic carbocycles. The summed E-state index contributed by atoms with van der Waals surface area (Å²) >= 11 is 0. The van der Waals surface area contributed by atoms with Crippen molar-refractivity contribution in [2.24, 2.45) is 0 Å². The quantitative estimate of drug-likeness (QED) is 0.860. The van der Waals surface area contributed by atoms with Crippen LogP contribution < -0.4 is 4.74 Å². The Morgan fingerprint density at radius 1 is 1.53 bits per heavy atom. The highest BCUT2D eigenvalue weighted by Crippen LogP contribution is 2.19. The summed E-state index contributed by atoms with van der Waals surface area (Å²) in [5, 5.41) is 9.02. The molecule has 0 aromatic carbocycles. The second-order valence-electron chi connectivity index (χ2n) is 3.77. The lowest BCUT2D eigenvalue weighted by molar-refractivity contribution is 0.0685. The van der Waals surface area contributed by atoms with E-state index < -0.39 is 17.7 Å². The van der Waals surface area contributed by atoms with Gasteiger partial charge in [-0.25, -0.2) is 14.2 Å². The molecule has 100 valence electrons. The molecule has 5 nitrogen and oxygen atoms in total. The maximum absolute atomic E-state index is 13.5. The van der Waals surface area contributed by atoms with E-state index in [0.29, 0.717) is 5.75 Å². The first-order valence-electron chi connectivity index (χ1n) is 5.29. The molecule has 19 heavy (non-hydrogen) atoms. The van der Waals surface area contributed by atoms with Gasteiger partial charge in [0, 0.05) is 24.0 Å². The molecule has 0 fully saturated rings. The van der Waals surface area contributed by atoms with Gasteiger partial charge in [0.2, 0.25) is 5.95 Å². The second-order valence-corrected chi connectivity index (χ2v) is 3.77. The van der Waals surface area contributed by atoms with E-state index in [9.17, 15) is 13.6 Å². The molecule has 2 aromatic rings. The lowest BCUT2D eigenvalue weighted by atomic mass is 10.2. The molecule has 0 amide bonds. The zero-order valence-electron chi connectivity index (χ0n) is 9.93. The number of hydrogen-bond donors (Lipinski definition) is 1. The lowest BCUT2D eigenvalue weighted by Crippen LogP contribution is -2.10. The number of pyridine rings is 1. The van der Waals surface area contributed by atoms with Crippen LogP contribution in [0.1, 0.15) is 16.1 Å². The van der Waals surface area contributed by atoms with Crippen molar-refractivity contribution in [3.63, 3.8) is 0 Å². The first kappa shape index (κ1) is 13.0. The Hall–Kier alpha value is -2.44. The molecule has 2 aromatic heterocycles. The van der Waals surface area contributed by atoms with Crippen LogP contribution in [0.4, 0.5) is 8.78 Å². The maximum atomic E-state index is 13.5. The van der Waals surface area contributed by atoms with Crippen molar-refractivity contribution in [1.82, 2.24) is 9.55 Å². The summed E-state index contributed by atoms with van der Waals surface area (Å²) in [4.78, 5) is 14.2. The molecule has 0 saturated heterocycles. The van der Waals surface area contributed by atoms with Gasteiger partial charge in [-0.2, -0.15) is 4.39 Å². The van der Waals surface area contributed by atoms with Crippen LogP contribution in [0.25, 0.3) is 0 Å². The van der Waals surface area contributed by atoms with Gasteiger partial charge in [-0.1, -0.05) is 0 Å². The van der Waals surface area contributed by atoms with Crippen molar-refractivity contribution in [3.05, 3.63) is 47.5 Å². The molecule has 0 aliphatic rings. The van der Waals surface area contributed by atoms with Crippen LogP contribution in [0.2, 0.25) is 0 Å². The van der Waals surface area contributed by atoms with E-state index in [0.717, 1.165) is 6.20 Å². The first-order chi connectivity index (χ1) is 9.02. The van der Waals surface area contributed by atoms with Crippen molar-refractivity contribution < 1.29 is 23.4 Å². The molecular weight excluding hydrogens is 258 g/mol. The number of carboxylic acid groups (broad SMARTS) is 1. The largest absolute Gasteiger partial charge is 0.495 e. The third kappa shape index (κ3) is 2.54. The van der Waals surface area contributed by atoms with E-state index in [-0.39, 0.29) is 17.8 Å². The van der Waals surface area contributed by atoms with Crippen molar-refractivity contribution >= 4 is 5.97 Å². The van der Waals surface area contributed by atoms with Crippen LogP contribution in [0, 0.1) is 11.8 Å². The van der Waals surface area contributed by atoms with Gasteiger partial charge in [0.25, 0.3) is 0 Å². The molecule has 0 spiro atoms. The van der Waals surface area contributed by atoms with Crippen LogP contribution in [0.3, 0.4) is 0 Å². The average molecular weight is 268 g/mol. The normalized spacial score (nSPS) is 10.5. The standard InChI is InChI=1S/C12H10F2N2O3/c1-19-8-4-9(12(17)18)16(6-8)5-7-2-3-15-11(14)10(7)13/h2-4,6H,5H2,1H3,(H,17,18). The Kier molecular flexibility index (Phi) is 3.46. The Labute approximate surface area is 107 Å². The van der Waals surface area contributed by atoms with Crippen LogP contribution >= 0.6 is 0 Å². The molecule has 0 bridgehead atoms. The zero-order chi connectivity index (χ0) is 14.0. The van der Waals surface area contributed by atoms with Crippen molar-refractivity contribution in [2.75, 3.05) is 7.11 Å². The number of aromatic nitrogens is 2. The van der Waals surface area contributed by atoms with E-state index >= 15 is 0 Å². The van der Waals surface area contributed by atoms with Gasteiger partial charge >= 0.3 is 5.97 Å². The molecular formula is C12H10F2N2O3. The summed E-state index contributed by atoms with van der Waals surface area (Å²) in [5.74, 6) is -3.16. The van der Waals surface area contributed by atoms with Crippen LogP contribution in [0.15, 0.2) is 24.5 Å². The fourth-order valence-electron chi connectivity index (χ4n) is 1.67. The predicted molar refractivity (Wildman–Crippen MR) is 61.2 cm³/mol. The van der Waals surface area contributed by atoms with E-state index in [4.69, 9.17) is 9.84 Å². The molecule has 0 atom stereocenters. The number of carbonyl (C=O) groups is 1. The van der Waals surface area contributed by atoms with Crippen molar-refractivity contribution in [2.45, 2.75) is 6.54 Å². The minimum atomic E-state index is -1.21. The number of nitrogens with zero attached hydrogens (tertiary/aromatic N) is 2. The summed E-state index contributed by atoms with van der Waals surface area (Å²) in [6.07, 6.45) is 2.52. The average Bonchev–Trinajstić information content (AvgIpc) is 2.78. The van der Waals surface area contributed by atoms with Gasteiger partial charge in [-0.15, -0.1) is 0 Å². The van der Waals surface area contributed by atoms with Crippen LogP contribution in [0.5, 0.6) is 5.75 Å². The van der Waals surface area contributed by atoms with Crippen LogP contribution in [-0.2, 0) is 6.54 Å². The topological polar surface area (TPSA) is 64.3 Å². The highest BCUT2D eigenvalue weighted by molar-refractivity contribution is 5.86. The fourth-order valence-corrected chi connectivity index (χ4v) is 1.67. The Bertz CT molecular complexity index is 625. The van der Waals surface area contributed by atoms with Gasteiger partial charge < -0.3 is 14.4 Å².